The SMILES string of the molecule is Cc1ccnc(SCc2ccco2)c1N. The lowest BCUT2D eigenvalue weighted by Crippen LogP contribution is -1.94. The Bertz CT molecular complexity index is 440. The fourth-order valence-corrected chi connectivity index (χ4v) is 2.09. The summed E-state index contributed by atoms with van der Waals surface area (Å²) in [7, 11) is 0. The highest BCUT2D eigenvalue weighted by Gasteiger charge is 2.05. The van der Waals surface area contributed by atoms with E-state index in [2.05, 4.69) is 4.98 Å². The minimum Gasteiger partial charge on any atom is -0.468 e. The van der Waals surface area contributed by atoms with E-state index < -0.39 is 0 Å². The molecule has 2 N–H and O–H groups in total. The first kappa shape index (κ1) is 10.1. The van der Waals surface area contributed by atoms with Crippen LogP contribution >= 0.6 is 11.8 Å². The molecule has 0 aliphatic rings. The van der Waals surface area contributed by atoms with Gasteiger partial charge in [0.25, 0.3) is 0 Å². The van der Waals surface area contributed by atoms with Crippen molar-refractivity contribution in [2.24, 2.45) is 0 Å². The zero-order valence-electron chi connectivity index (χ0n) is 8.43. The molecule has 0 unspecified atom stereocenters. The van der Waals surface area contributed by atoms with Gasteiger partial charge >= 0.3 is 0 Å². The molecule has 2 aromatic heterocycles. The van der Waals surface area contributed by atoms with E-state index in [-0.39, 0.29) is 0 Å². The third-order valence-corrected chi connectivity index (χ3v) is 3.13. The summed E-state index contributed by atoms with van der Waals surface area (Å²) in [5.74, 6) is 1.69. The molecular formula is C11H12N2OS. The van der Waals surface area contributed by atoms with E-state index in [0.29, 0.717) is 0 Å². The monoisotopic (exact) mass is 220 g/mol. The number of aryl methyl sites for hydroxylation is 1. The van der Waals surface area contributed by atoms with Crippen molar-refractivity contribution < 1.29 is 4.42 Å². The van der Waals surface area contributed by atoms with Crippen LogP contribution in [0.25, 0.3) is 0 Å². The Morgan fingerprint density at radius 2 is 2.33 bits per heavy atom. The van der Waals surface area contributed by atoms with Gasteiger partial charge in [0.2, 0.25) is 0 Å². The molecule has 2 aromatic rings. The number of hydrogen-bond acceptors (Lipinski definition) is 4. The molecule has 0 radical (unpaired) electrons. The van der Waals surface area contributed by atoms with Gasteiger partial charge in [0.15, 0.2) is 0 Å². The molecule has 0 aliphatic heterocycles. The van der Waals surface area contributed by atoms with Crippen molar-refractivity contribution in [1.29, 1.82) is 0 Å². The van der Waals surface area contributed by atoms with Crippen LogP contribution in [0.5, 0.6) is 0 Å². The second-order valence-electron chi connectivity index (χ2n) is 3.21. The topological polar surface area (TPSA) is 52.0 Å². The number of furan rings is 1. The molecule has 0 aromatic carbocycles. The summed E-state index contributed by atoms with van der Waals surface area (Å²) in [4.78, 5) is 4.23. The summed E-state index contributed by atoms with van der Waals surface area (Å²) in [6.45, 7) is 1.98. The normalized spacial score (nSPS) is 10.5. The molecule has 3 nitrogen and oxygen atoms in total. The molecular weight excluding hydrogens is 208 g/mol. The van der Waals surface area contributed by atoms with E-state index in [9.17, 15) is 0 Å². The van der Waals surface area contributed by atoms with Crippen LogP contribution in [0.4, 0.5) is 5.69 Å². The van der Waals surface area contributed by atoms with Gasteiger partial charge in [-0.05, 0) is 30.7 Å². The van der Waals surface area contributed by atoms with E-state index in [0.717, 1.165) is 27.8 Å². The third-order valence-electron chi connectivity index (χ3n) is 2.10. The Hall–Kier alpha value is -1.42. The highest BCUT2D eigenvalue weighted by molar-refractivity contribution is 7.98. The van der Waals surface area contributed by atoms with Gasteiger partial charge in [-0.25, -0.2) is 4.98 Å². The van der Waals surface area contributed by atoms with Gasteiger partial charge in [0.1, 0.15) is 10.8 Å². The van der Waals surface area contributed by atoms with Crippen molar-refractivity contribution in [1.82, 2.24) is 4.98 Å². The summed E-state index contributed by atoms with van der Waals surface area (Å²) in [5.41, 5.74) is 7.73. The molecule has 4 heteroatoms. The molecule has 0 aliphatic carbocycles. The molecule has 15 heavy (non-hydrogen) atoms. The lowest BCUT2D eigenvalue weighted by atomic mass is 10.3. The third kappa shape index (κ3) is 2.33. The zero-order chi connectivity index (χ0) is 10.7. The molecule has 0 saturated carbocycles. The van der Waals surface area contributed by atoms with Gasteiger partial charge in [0.05, 0.1) is 17.7 Å². The minimum atomic E-state index is 0.758. The van der Waals surface area contributed by atoms with E-state index in [1.54, 1.807) is 24.2 Å². The number of pyridine rings is 1. The lowest BCUT2D eigenvalue weighted by molar-refractivity contribution is 0.530. The second kappa shape index (κ2) is 4.40. The standard InChI is InChI=1S/C11H12N2OS/c1-8-4-5-13-11(10(8)12)15-7-9-3-2-6-14-9/h2-6H,7,12H2,1H3. The average Bonchev–Trinajstić information content (AvgIpc) is 2.73. The Morgan fingerprint density at radius 3 is 3.07 bits per heavy atom. The average molecular weight is 220 g/mol. The summed E-state index contributed by atoms with van der Waals surface area (Å²) >= 11 is 1.59. The highest BCUT2D eigenvalue weighted by Crippen LogP contribution is 2.27. The minimum absolute atomic E-state index is 0.758. The number of rotatable bonds is 3. The van der Waals surface area contributed by atoms with Gasteiger partial charge in [-0.15, -0.1) is 0 Å². The summed E-state index contributed by atoms with van der Waals surface area (Å²) in [6, 6.07) is 5.73. The van der Waals surface area contributed by atoms with Gasteiger partial charge in [0, 0.05) is 6.20 Å². The van der Waals surface area contributed by atoms with Crippen molar-refractivity contribution in [3.63, 3.8) is 0 Å². The number of nitrogens with zero attached hydrogens (tertiary/aromatic N) is 1. The molecule has 0 bridgehead atoms. The van der Waals surface area contributed by atoms with Crippen LogP contribution in [0.2, 0.25) is 0 Å². The van der Waals surface area contributed by atoms with Crippen LogP contribution in [0.3, 0.4) is 0 Å². The van der Waals surface area contributed by atoms with E-state index in [1.165, 1.54) is 0 Å². The lowest BCUT2D eigenvalue weighted by Gasteiger charge is -2.05. The van der Waals surface area contributed by atoms with Crippen molar-refractivity contribution in [3.8, 4) is 0 Å². The highest BCUT2D eigenvalue weighted by atomic mass is 32.2. The van der Waals surface area contributed by atoms with Crippen LogP contribution in [0.1, 0.15) is 11.3 Å². The van der Waals surface area contributed by atoms with Crippen LogP contribution in [-0.2, 0) is 5.75 Å². The van der Waals surface area contributed by atoms with Crippen molar-refractivity contribution in [2.75, 3.05) is 5.73 Å². The van der Waals surface area contributed by atoms with Gasteiger partial charge < -0.3 is 10.2 Å². The number of nitrogen functional groups attached to an aromatic ring is 1. The summed E-state index contributed by atoms with van der Waals surface area (Å²) in [6.07, 6.45) is 3.44. The van der Waals surface area contributed by atoms with E-state index >= 15 is 0 Å². The Balaban J connectivity index is 2.08. The Morgan fingerprint density at radius 1 is 1.47 bits per heavy atom. The largest absolute Gasteiger partial charge is 0.468 e. The number of aromatic nitrogens is 1. The zero-order valence-corrected chi connectivity index (χ0v) is 9.25. The Kier molecular flexibility index (Phi) is 2.97. The van der Waals surface area contributed by atoms with Crippen LogP contribution in [-0.4, -0.2) is 4.98 Å². The van der Waals surface area contributed by atoms with Crippen LogP contribution in [0.15, 0.2) is 40.1 Å². The molecule has 0 fully saturated rings. The predicted octanol–water partition coefficient (Wildman–Crippen LogP) is 2.86. The summed E-state index contributed by atoms with van der Waals surface area (Å²) < 4.78 is 5.24. The van der Waals surface area contributed by atoms with Gasteiger partial charge in [-0.3, -0.25) is 0 Å². The predicted molar refractivity (Wildman–Crippen MR) is 61.7 cm³/mol. The number of thioether (sulfide) groups is 1. The maximum absolute atomic E-state index is 5.91. The maximum atomic E-state index is 5.91. The van der Waals surface area contributed by atoms with Crippen LogP contribution in [0, 0.1) is 6.92 Å². The van der Waals surface area contributed by atoms with Gasteiger partial charge in [-0.1, -0.05) is 11.8 Å². The number of anilines is 1. The first-order chi connectivity index (χ1) is 7.27. The molecule has 0 spiro atoms. The van der Waals surface area contributed by atoms with E-state index in [4.69, 9.17) is 10.2 Å². The molecule has 0 saturated heterocycles. The number of nitrogens with two attached hydrogens (primary N) is 1. The van der Waals surface area contributed by atoms with Crippen molar-refractivity contribution in [2.45, 2.75) is 17.7 Å². The van der Waals surface area contributed by atoms with Crippen molar-refractivity contribution >= 4 is 17.4 Å². The maximum Gasteiger partial charge on any atom is 0.120 e. The second-order valence-corrected chi connectivity index (χ2v) is 4.18. The van der Waals surface area contributed by atoms with Crippen LogP contribution < -0.4 is 5.73 Å². The molecule has 0 amide bonds. The molecule has 78 valence electrons. The molecule has 2 rings (SSSR count). The van der Waals surface area contributed by atoms with Gasteiger partial charge in [-0.2, -0.15) is 0 Å². The fourth-order valence-electron chi connectivity index (χ4n) is 1.19. The van der Waals surface area contributed by atoms with E-state index in [1.807, 2.05) is 25.1 Å². The van der Waals surface area contributed by atoms with Crippen molar-refractivity contribution in [3.05, 3.63) is 42.0 Å². The first-order valence-corrected chi connectivity index (χ1v) is 5.62. The number of hydrogen-bond donors (Lipinski definition) is 1. The first-order valence-electron chi connectivity index (χ1n) is 4.63. The smallest absolute Gasteiger partial charge is 0.120 e. The Labute approximate surface area is 92.7 Å². The molecule has 2 heterocycles. The quantitative estimate of drug-likeness (QED) is 0.808. The summed E-state index contributed by atoms with van der Waals surface area (Å²) in [5, 5.41) is 0.867. The fraction of sp³-hybridized carbons (Fsp3) is 0.182. The molecule has 0 atom stereocenters.